The quantitative estimate of drug-likeness (QED) is 0.803. The van der Waals surface area contributed by atoms with Crippen molar-refractivity contribution in [2.24, 2.45) is 5.92 Å². The van der Waals surface area contributed by atoms with Gasteiger partial charge in [0.25, 0.3) is 5.82 Å². The molecule has 104 valence electrons. The summed E-state index contributed by atoms with van der Waals surface area (Å²) >= 11 is 0. The number of hydrogen-bond acceptors (Lipinski definition) is 4. The lowest BCUT2D eigenvalue weighted by molar-refractivity contribution is 0.0511. The number of fused-ring (bicyclic) bond motifs is 1. The first-order valence-electron chi connectivity index (χ1n) is 6.88. The molecule has 0 unspecified atom stereocenters. The van der Waals surface area contributed by atoms with Gasteiger partial charge in [-0.1, -0.05) is 37.3 Å². The van der Waals surface area contributed by atoms with Crippen LogP contribution in [0.4, 0.5) is 0 Å². The molecule has 0 N–H and O–H groups in total. The lowest BCUT2D eigenvalue weighted by Crippen LogP contribution is -2.15. The summed E-state index contributed by atoms with van der Waals surface area (Å²) in [6.45, 7) is 4.29. The van der Waals surface area contributed by atoms with Crippen molar-refractivity contribution in [3.05, 3.63) is 47.5 Å². The van der Waals surface area contributed by atoms with Gasteiger partial charge in [-0.05, 0) is 18.4 Å². The van der Waals surface area contributed by atoms with E-state index >= 15 is 0 Å². The normalized spacial score (nSPS) is 20.7. The van der Waals surface area contributed by atoms with Crippen molar-refractivity contribution in [3.8, 4) is 0 Å². The van der Waals surface area contributed by atoms with E-state index < -0.39 is 5.97 Å². The molecule has 2 aromatic rings. The second kappa shape index (κ2) is 5.07. The Morgan fingerprint density at radius 3 is 2.85 bits per heavy atom. The van der Waals surface area contributed by atoms with E-state index in [-0.39, 0.29) is 11.9 Å². The van der Waals surface area contributed by atoms with Crippen LogP contribution in [0.5, 0.6) is 0 Å². The minimum atomic E-state index is -0.450. The highest BCUT2D eigenvalue weighted by molar-refractivity contribution is 5.85. The molecule has 0 aliphatic carbocycles. The average Bonchev–Trinajstić information content (AvgIpc) is 2.96. The monoisotopic (exact) mass is 271 g/mol. The number of benzene rings is 1. The zero-order valence-electron chi connectivity index (χ0n) is 11.6. The first-order chi connectivity index (χ1) is 9.70. The molecule has 1 aliphatic heterocycles. The molecule has 0 bridgehead atoms. The van der Waals surface area contributed by atoms with Crippen LogP contribution in [0.25, 0.3) is 0 Å². The summed E-state index contributed by atoms with van der Waals surface area (Å²) in [4.78, 5) is 16.0. The van der Waals surface area contributed by atoms with Crippen molar-refractivity contribution >= 4 is 5.97 Å². The molecular weight excluding hydrogens is 254 g/mol. The summed E-state index contributed by atoms with van der Waals surface area (Å²) in [6, 6.07) is 10.3. The van der Waals surface area contributed by atoms with E-state index in [1.54, 1.807) is 6.92 Å². The molecule has 1 aromatic carbocycles. The molecule has 0 fully saturated rings. The minimum absolute atomic E-state index is 0.141. The number of carbonyl (C=O) groups is 1. The first-order valence-corrected chi connectivity index (χ1v) is 6.88. The van der Waals surface area contributed by atoms with Crippen LogP contribution in [0.2, 0.25) is 0 Å². The van der Waals surface area contributed by atoms with E-state index in [1.807, 2.05) is 22.9 Å². The van der Waals surface area contributed by atoms with Crippen LogP contribution in [0.1, 0.15) is 41.9 Å². The Balaban J connectivity index is 1.95. The third kappa shape index (κ3) is 2.09. The van der Waals surface area contributed by atoms with Gasteiger partial charge in [0.1, 0.15) is 5.82 Å². The number of aromatic nitrogens is 3. The van der Waals surface area contributed by atoms with E-state index in [0.717, 1.165) is 12.2 Å². The standard InChI is InChI=1S/C15H17N3O2/c1-3-20-15(19)14-16-12-9-10(2)13(18(12)17-14)11-7-5-4-6-8-11/h4-8,10,13H,3,9H2,1-2H3/t10-,13+/m1/s1. The van der Waals surface area contributed by atoms with E-state index in [0.29, 0.717) is 12.5 Å². The lowest BCUT2D eigenvalue weighted by Gasteiger charge is -2.16. The fraction of sp³-hybridized carbons (Fsp3) is 0.400. The minimum Gasteiger partial charge on any atom is -0.460 e. The van der Waals surface area contributed by atoms with Gasteiger partial charge >= 0.3 is 5.97 Å². The highest BCUT2D eigenvalue weighted by Crippen LogP contribution is 2.35. The Hall–Kier alpha value is -2.17. The summed E-state index contributed by atoms with van der Waals surface area (Å²) in [5, 5.41) is 4.35. The van der Waals surface area contributed by atoms with Crippen LogP contribution in [0.15, 0.2) is 30.3 Å². The van der Waals surface area contributed by atoms with Crippen LogP contribution >= 0.6 is 0 Å². The number of carbonyl (C=O) groups excluding carboxylic acids is 1. The number of nitrogens with zero attached hydrogens (tertiary/aromatic N) is 3. The Kier molecular flexibility index (Phi) is 3.26. The Labute approximate surface area is 117 Å². The van der Waals surface area contributed by atoms with Gasteiger partial charge in [-0.2, -0.15) is 0 Å². The second-order valence-corrected chi connectivity index (χ2v) is 5.05. The van der Waals surface area contributed by atoms with Crippen molar-refractivity contribution in [2.75, 3.05) is 6.61 Å². The van der Waals surface area contributed by atoms with Crippen molar-refractivity contribution in [1.29, 1.82) is 0 Å². The number of hydrogen-bond donors (Lipinski definition) is 0. The van der Waals surface area contributed by atoms with Crippen LogP contribution in [0.3, 0.4) is 0 Å². The van der Waals surface area contributed by atoms with Crippen molar-refractivity contribution in [1.82, 2.24) is 14.8 Å². The van der Waals surface area contributed by atoms with Gasteiger partial charge in [0.15, 0.2) is 0 Å². The SMILES string of the molecule is CCOC(=O)c1nc2n(n1)[C@H](c1ccccc1)[C@H](C)C2. The van der Waals surface area contributed by atoms with Crippen molar-refractivity contribution in [2.45, 2.75) is 26.3 Å². The summed E-state index contributed by atoms with van der Waals surface area (Å²) in [7, 11) is 0. The van der Waals surface area contributed by atoms with Gasteiger partial charge in [-0.3, -0.25) is 0 Å². The van der Waals surface area contributed by atoms with Crippen LogP contribution in [-0.2, 0) is 11.2 Å². The molecule has 1 aromatic heterocycles. The molecule has 20 heavy (non-hydrogen) atoms. The van der Waals surface area contributed by atoms with Crippen LogP contribution < -0.4 is 0 Å². The molecule has 5 heteroatoms. The number of ether oxygens (including phenoxy) is 1. The zero-order valence-corrected chi connectivity index (χ0v) is 11.6. The summed E-state index contributed by atoms with van der Waals surface area (Å²) < 4.78 is 6.82. The molecule has 0 saturated carbocycles. The predicted octanol–water partition coefficient (Wildman–Crippen LogP) is 2.24. The molecule has 2 heterocycles. The fourth-order valence-corrected chi connectivity index (χ4v) is 2.76. The molecule has 1 aliphatic rings. The molecule has 2 atom stereocenters. The van der Waals surface area contributed by atoms with Gasteiger partial charge in [0, 0.05) is 6.42 Å². The third-order valence-electron chi connectivity index (χ3n) is 3.61. The lowest BCUT2D eigenvalue weighted by atomic mass is 9.95. The van der Waals surface area contributed by atoms with Crippen LogP contribution in [0, 0.1) is 5.92 Å². The summed E-state index contributed by atoms with van der Waals surface area (Å²) in [6.07, 6.45) is 0.825. The second-order valence-electron chi connectivity index (χ2n) is 5.05. The molecule has 0 radical (unpaired) electrons. The maximum absolute atomic E-state index is 11.7. The van der Waals surface area contributed by atoms with Gasteiger partial charge in [-0.25, -0.2) is 14.5 Å². The Morgan fingerprint density at radius 1 is 1.40 bits per heavy atom. The first kappa shape index (κ1) is 12.8. The average molecular weight is 271 g/mol. The maximum atomic E-state index is 11.7. The largest absolute Gasteiger partial charge is 0.460 e. The van der Waals surface area contributed by atoms with Crippen LogP contribution in [-0.4, -0.2) is 27.3 Å². The van der Waals surface area contributed by atoms with E-state index in [9.17, 15) is 4.79 Å². The van der Waals surface area contributed by atoms with Gasteiger partial charge in [0.05, 0.1) is 12.6 Å². The summed E-state index contributed by atoms with van der Waals surface area (Å²) in [5.41, 5.74) is 1.19. The maximum Gasteiger partial charge on any atom is 0.378 e. The molecule has 3 rings (SSSR count). The zero-order chi connectivity index (χ0) is 14.1. The molecular formula is C15H17N3O2. The molecule has 5 nitrogen and oxygen atoms in total. The molecule has 0 saturated heterocycles. The highest BCUT2D eigenvalue weighted by Gasteiger charge is 2.34. The van der Waals surface area contributed by atoms with Crippen molar-refractivity contribution < 1.29 is 9.53 Å². The number of esters is 1. The predicted molar refractivity (Wildman–Crippen MR) is 73.4 cm³/mol. The third-order valence-corrected chi connectivity index (χ3v) is 3.61. The van der Waals surface area contributed by atoms with E-state index in [1.165, 1.54) is 5.56 Å². The fourth-order valence-electron chi connectivity index (χ4n) is 2.76. The van der Waals surface area contributed by atoms with Gasteiger partial charge < -0.3 is 4.74 Å². The highest BCUT2D eigenvalue weighted by atomic mass is 16.5. The molecule has 0 spiro atoms. The molecule has 0 amide bonds. The van der Waals surface area contributed by atoms with Gasteiger partial charge in [-0.15, -0.1) is 5.10 Å². The van der Waals surface area contributed by atoms with E-state index in [4.69, 9.17) is 4.74 Å². The number of rotatable bonds is 3. The Morgan fingerprint density at radius 2 is 2.15 bits per heavy atom. The van der Waals surface area contributed by atoms with E-state index in [2.05, 4.69) is 29.1 Å². The smallest absolute Gasteiger partial charge is 0.378 e. The topological polar surface area (TPSA) is 57.0 Å². The van der Waals surface area contributed by atoms with Crippen molar-refractivity contribution in [3.63, 3.8) is 0 Å². The Bertz CT molecular complexity index is 621. The summed E-state index contributed by atoms with van der Waals surface area (Å²) in [5.74, 6) is 0.988. The van der Waals surface area contributed by atoms with Gasteiger partial charge in [0.2, 0.25) is 0 Å².